The predicted molar refractivity (Wildman–Crippen MR) is 93.1 cm³/mol. The van der Waals surface area contributed by atoms with Gasteiger partial charge >= 0.3 is 53.5 Å². The van der Waals surface area contributed by atoms with Crippen LogP contribution in [0, 0.1) is 6.07 Å². The summed E-state index contributed by atoms with van der Waals surface area (Å²) < 4.78 is 0. The third-order valence-corrected chi connectivity index (χ3v) is 22.3. The Bertz CT molecular complexity index is 557. The van der Waals surface area contributed by atoms with Crippen molar-refractivity contribution >= 4 is 22.5 Å². The Morgan fingerprint density at radius 2 is 1.57 bits per heavy atom. The van der Waals surface area contributed by atoms with Gasteiger partial charge in [0.05, 0.1) is 0 Å². The van der Waals surface area contributed by atoms with Crippen molar-refractivity contribution in [3.63, 3.8) is 0 Å². The predicted octanol–water partition coefficient (Wildman–Crippen LogP) is 6.16. The van der Waals surface area contributed by atoms with Gasteiger partial charge in [-0.1, -0.05) is 12.1 Å². The van der Waals surface area contributed by atoms with Gasteiger partial charge in [0.15, 0.2) is 0 Å². The normalized spacial score (nSPS) is 8.95. The van der Waals surface area contributed by atoms with Gasteiger partial charge in [-0.3, -0.25) is 0 Å². The first-order chi connectivity index (χ1) is 10.1. The van der Waals surface area contributed by atoms with E-state index in [1.165, 1.54) is 11.1 Å². The van der Waals surface area contributed by atoms with Crippen LogP contribution in [0.3, 0.4) is 0 Å². The van der Waals surface area contributed by atoms with Gasteiger partial charge in [0.25, 0.3) is 0 Å². The van der Waals surface area contributed by atoms with Gasteiger partial charge < -0.3 is 0 Å². The van der Waals surface area contributed by atoms with Gasteiger partial charge in [-0.15, -0.1) is 29.8 Å². The zero-order chi connectivity index (χ0) is 15.5. The van der Waals surface area contributed by atoms with Crippen LogP contribution in [0.5, 0.6) is 0 Å². The molecule has 0 N–H and O–H groups in total. The van der Waals surface area contributed by atoms with Gasteiger partial charge in [-0.2, -0.15) is 35.9 Å². The summed E-state index contributed by atoms with van der Waals surface area (Å²) in [6.45, 7) is 4.33. The molecular formula is C17H18Cl2SiZr-2. The molecule has 2 aliphatic rings. The monoisotopic (exact) mass is 410 g/mol. The molecule has 0 aliphatic heterocycles. The quantitative estimate of drug-likeness (QED) is 0.306. The fourth-order valence-electron chi connectivity index (χ4n) is 1.38. The van der Waals surface area contributed by atoms with E-state index in [-0.39, 0.29) is 5.43 Å². The smallest absolute Gasteiger partial charge is 0.0723 e. The Balaban J connectivity index is 0.000000173. The average Bonchev–Trinajstić information content (AvgIpc) is 3.12. The van der Waals surface area contributed by atoms with Crippen molar-refractivity contribution < 1.29 is 18.0 Å². The maximum Gasteiger partial charge on any atom is -0.0723 e. The molecular weight excluding hydrogens is 394 g/mol. The minimum atomic E-state index is -1.65. The van der Waals surface area contributed by atoms with E-state index in [2.05, 4.69) is 37.4 Å². The van der Waals surface area contributed by atoms with Crippen LogP contribution < -0.4 is 0 Å². The molecule has 1 aromatic rings. The molecule has 3 rings (SSSR count). The third kappa shape index (κ3) is 8.68. The van der Waals surface area contributed by atoms with Crippen LogP contribution in [0.15, 0.2) is 72.8 Å². The SMILES string of the molecule is C[Si](C)=[Zr]([Cl])[Cl].[c-]1ccc2cccccc1-2.c1cc[cH-]c1. The molecule has 0 spiro atoms. The minimum absolute atomic E-state index is 0.224. The van der Waals surface area contributed by atoms with Crippen LogP contribution in [-0.4, -0.2) is 5.43 Å². The van der Waals surface area contributed by atoms with E-state index in [1.54, 1.807) is 0 Å². The van der Waals surface area contributed by atoms with E-state index in [9.17, 15) is 0 Å². The maximum absolute atomic E-state index is 5.62. The molecule has 0 saturated heterocycles. The Morgan fingerprint density at radius 1 is 0.952 bits per heavy atom. The molecule has 0 nitrogen and oxygen atoms in total. The van der Waals surface area contributed by atoms with E-state index in [0.717, 1.165) is 0 Å². The Hall–Kier alpha value is -0.270. The fourth-order valence-corrected chi connectivity index (χ4v) is 1.38. The molecule has 2 aliphatic carbocycles. The maximum atomic E-state index is 5.62. The van der Waals surface area contributed by atoms with Crippen LogP contribution in [0.25, 0.3) is 11.1 Å². The summed E-state index contributed by atoms with van der Waals surface area (Å²) >= 11 is -1.65. The van der Waals surface area contributed by atoms with E-state index in [0.29, 0.717) is 0 Å². The van der Waals surface area contributed by atoms with E-state index in [4.69, 9.17) is 17.0 Å². The molecule has 0 saturated carbocycles. The zero-order valence-corrected chi connectivity index (χ0v) is 17.2. The van der Waals surface area contributed by atoms with Crippen LogP contribution in [-0.2, 0) is 18.0 Å². The number of halogens is 2. The van der Waals surface area contributed by atoms with Crippen LogP contribution in [0.4, 0.5) is 0 Å². The molecule has 0 amide bonds. The number of hydrogen-bond donors (Lipinski definition) is 0. The first-order valence-electron chi connectivity index (χ1n) is 6.62. The van der Waals surface area contributed by atoms with Crippen molar-refractivity contribution in [3.05, 3.63) is 78.9 Å². The second kappa shape index (κ2) is 11.3. The summed E-state index contributed by atoms with van der Waals surface area (Å²) in [4.78, 5) is 0. The second-order valence-electron chi connectivity index (χ2n) is 4.48. The first kappa shape index (κ1) is 18.8. The van der Waals surface area contributed by atoms with Crippen molar-refractivity contribution in [2.45, 2.75) is 13.1 Å². The van der Waals surface area contributed by atoms with Crippen molar-refractivity contribution in [1.82, 2.24) is 0 Å². The molecule has 110 valence electrons. The van der Waals surface area contributed by atoms with Gasteiger partial charge in [0.1, 0.15) is 0 Å². The summed E-state index contributed by atoms with van der Waals surface area (Å²) in [5.41, 5.74) is 2.22. The number of rotatable bonds is 0. The van der Waals surface area contributed by atoms with E-state index < -0.39 is 18.0 Å². The molecule has 0 heterocycles. The summed E-state index contributed by atoms with van der Waals surface area (Å²) in [6, 6.07) is 27.4. The number of hydrogen-bond acceptors (Lipinski definition) is 0. The Labute approximate surface area is 142 Å². The minimum Gasteiger partial charge on any atom is -0.214 e. The van der Waals surface area contributed by atoms with Crippen molar-refractivity contribution in [1.29, 1.82) is 0 Å². The molecule has 21 heavy (non-hydrogen) atoms. The average molecular weight is 413 g/mol. The second-order valence-corrected chi connectivity index (χ2v) is 27.5. The van der Waals surface area contributed by atoms with Gasteiger partial charge in [0, 0.05) is 0 Å². The molecule has 4 heteroatoms. The standard InChI is InChI=1S/C10H7.C5H5.C2H6Si.2ClH.Zr/c1-2-5-9-7-4-8-10(9)6-3-1;1-2-4-5-3-1;1-3-2;;;/h1-7H;1-5H;1-2H3;2*1H;/q2*-1;;;;+2/p-2. The molecule has 0 bridgehead atoms. The molecule has 1 aromatic carbocycles. The zero-order valence-electron chi connectivity index (χ0n) is 12.2. The van der Waals surface area contributed by atoms with Gasteiger partial charge in [-0.05, 0) is 0 Å². The molecule has 0 atom stereocenters. The van der Waals surface area contributed by atoms with Crippen LogP contribution in [0.2, 0.25) is 13.1 Å². The van der Waals surface area contributed by atoms with E-state index >= 15 is 0 Å². The number of fused-ring (bicyclic) bond motifs is 1. The van der Waals surface area contributed by atoms with Crippen LogP contribution in [0.1, 0.15) is 0 Å². The van der Waals surface area contributed by atoms with Crippen molar-refractivity contribution in [3.8, 4) is 11.1 Å². The molecule has 0 fully saturated rings. The van der Waals surface area contributed by atoms with Gasteiger partial charge in [-0.25, -0.2) is 12.1 Å². The summed E-state index contributed by atoms with van der Waals surface area (Å²) in [6.07, 6.45) is 0. The van der Waals surface area contributed by atoms with Gasteiger partial charge in [0.2, 0.25) is 0 Å². The Morgan fingerprint density at radius 3 is 2.10 bits per heavy atom. The summed E-state index contributed by atoms with van der Waals surface area (Å²) in [7, 11) is 11.2. The Kier molecular flexibility index (Phi) is 10.1. The molecule has 0 radical (unpaired) electrons. The summed E-state index contributed by atoms with van der Waals surface area (Å²) in [5.74, 6) is 0. The fraction of sp³-hybridized carbons (Fsp3) is 0.118. The summed E-state index contributed by atoms with van der Waals surface area (Å²) in [5, 5.41) is 0. The van der Waals surface area contributed by atoms with Crippen molar-refractivity contribution in [2.24, 2.45) is 0 Å². The topological polar surface area (TPSA) is 0 Å². The largest absolute Gasteiger partial charge is 0.214 e. The van der Waals surface area contributed by atoms with E-state index in [1.807, 2.05) is 54.6 Å². The molecule has 0 aromatic heterocycles. The molecule has 0 unspecified atom stereocenters. The van der Waals surface area contributed by atoms with Crippen LogP contribution >= 0.6 is 17.0 Å². The van der Waals surface area contributed by atoms with Crippen molar-refractivity contribution in [2.75, 3.05) is 0 Å². The first-order valence-corrected chi connectivity index (χ1v) is 19.1. The third-order valence-electron chi connectivity index (χ3n) is 2.51.